The number of anilines is 1. The monoisotopic (exact) mass is 273 g/mol. The lowest BCUT2D eigenvalue weighted by atomic mass is 10.1. The molecule has 1 aliphatic rings. The molecule has 20 heavy (non-hydrogen) atoms. The molecule has 0 atom stereocenters. The van der Waals surface area contributed by atoms with Crippen LogP contribution in [0.4, 0.5) is 5.82 Å². The van der Waals surface area contributed by atoms with Crippen LogP contribution in [0.1, 0.15) is 6.42 Å². The van der Waals surface area contributed by atoms with Crippen LogP contribution in [0, 0.1) is 0 Å². The number of carbonyl (C=O) groups excluding carboxylic acids is 1. The smallest absolute Gasteiger partial charge is 0.219 e. The highest BCUT2D eigenvalue weighted by molar-refractivity contribution is 5.94. The molecule has 0 aliphatic carbocycles. The van der Waals surface area contributed by atoms with Gasteiger partial charge in [-0.05, 0) is 23.6 Å². The van der Waals surface area contributed by atoms with E-state index in [0.717, 1.165) is 22.3 Å². The van der Waals surface area contributed by atoms with Crippen molar-refractivity contribution in [2.45, 2.75) is 6.42 Å². The van der Waals surface area contributed by atoms with Crippen molar-refractivity contribution in [3.05, 3.63) is 24.4 Å². The van der Waals surface area contributed by atoms with Crippen molar-refractivity contribution in [1.82, 2.24) is 4.98 Å². The van der Waals surface area contributed by atoms with Crippen LogP contribution in [0.15, 0.2) is 24.4 Å². The van der Waals surface area contributed by atoms with Crippen molar-refractivity contribution >= 4 is 22.5 Å². The summed E-state index contributed by atoms with van der Waals surface area (Å²) in [6.07, 6.45) is 1.98. The van der Waals surface area contributed by atoms with Crippen LogP contribution < -0.4 is 20.5 Å². The Balaban J connectivity index is 1.94. The highest BCUT2D eigenvalue weighted by Gasteiger charge is 2.14. The maximum absolute atomic E-state index is 10.8. The van der Waals surface area contributed by atoms with Gasteiger partial charge in [0.25, 0.3) is 0 Å². The van der Waals surface area contributed by atoms with Crippen molar-refractivity contribution in [3.63, 3.8) is 0 Å². The summed E-state index contributed by atoms with van der Waals surface area (Å²) in [6, 6.07) is 5.75. The molecule has 1 aromatic carbocycles. The van der Waals surface area contributed by atoms with Crippen LogP contribution in [0.25, 0.3) is 10.8 Å². The number of aromatic nitrogens is 1. The first kappa shape index (κ1) is 12.5. The average Bonchev–Trinajstić information content (AvgIpc) is 2.45. The van der Waals surface area contributed by atoms with E-state index in [9.17, 15) is 4.79 Å². The molecule has 0 fully saturated rings. The quantitative estimate of drug-likeness (QED) is 0.876. The summed E-state index contributed by atoms with van der Waals surface area (Å²) >= 11 is 0. The van der Waals surface area contributed by atoms with E-state index < -0.39 is 0 Å². The summed E-state index contributed by atoms with van der Waals surface area (Å²) in [5, 5.41) is 5.05. The number of ether oxygens (including phenoxy) is 2. The predicted octanol–water partition coefficient (Wildman–Crippen LogP) is 1.29. The van der Waals surface area contributed by atoms with Gasteiger partial charge in [-0.25, -0.2) is 4.98 Å². The van der Waals surface area contributed by atoms with E-state index in [-0.39, 0.29) is 12.3 Å². The van der Waals surface area contributed by atoms with E-state index in [1.807, 2.05) is 18.2 Å². The van der Waals surface area contributed by atoms with Gasteiger partial charge in [0.2, 0.25) is 5.91 Å². The average molecular weight is 273 g/mol. The highest BCUT2D eigenvalue weighted by Crippen LogP contribution is 2.36. The van der Waals surface area contributed by atoms with Crippen molar-refractivity contribution in [2.75, 3.05) is 25.1 Å². The molecular formula is C14H15N3O3. The SMILES string of the molecule is NC(=O)CCNc1nccc2cc3c(cc12)OCCO3. The van der Waals surface area contributed by atoms with Crippen molar-refractivity contribution < 1.29 is 14.3 Å². The zero-order valence-corrected chi connectivity index (χ0v) is 10.9. The maximum Gasteiger partial charge on any atom is 0.219 e. The fourth-order valence-electron chi connectivity index (χ4n) is 2.15. The lowest BCUT2D eigenvalue weighted by Gasteiger charge is -2.19. The molecule has 0 saturated heterocycles. The Morgan fingerprint density at radius 1 is 1.30 bits per heavy atom. The number of primary amides is 1. The Morgan fingerprint density at radius 2 is 2.05 bits per heavy atom. The first-order valence-electron chi connectivity index (χ1n) is 6.44. The normalized spacial score (nSPS) is 13.2. The third-order valence-electron chi connectivity index (χ3n) is 3.09. The molecule has 2 heterocycles. The van der Waals surface area contributed by atoms with Crippen molar-refractivity contribution in [2.24, 2.45) is 5.73 Å². The van der Waals surface area contributed by atoms with Gasteiger partial charge < -0.3 is 20.5 Å². The molecular weight excluding hydrogens is 258 g/mol. The van der Waals surface area contributed by atoms with Gasteiger partial charge in [-0.2, -0.15) is 0 Å². The standard InChI is InChI=1S/C14H15N3O3/c15-13(18)2-4-17-14-10-8-12-11(19-5-6-20-12)7-9(10)1-3-16-14/h1,3,7-8H,2,4-6H2,(H2,15,18)(H,16,17). The second-order valence-corrected chi connectivity index (χ2v) is 4.52. The van der Waals surface area contributed by atoms with Gasteiger partial charge in [-0.1, -0.05) is 0 Å². The topological polar surface area (TPSA) is 86.5 Å². The Kier molecular flexibility index (Phi) is 3.28. The Morgan fingerprint density at radius 3 is 2.80 bits per heavy atom. The largest absolute Gasteiger partial charge is 0.486 e. The second-order valence-electron chi connectivity index (χ2n) is 4.52. The molecule has 0 saturated carbocycles. The van der Waals surface area contributed by atoms with Crippen LogP contribution in [0.5, 0.6) is 11.5 Å². The van der Waals surface area contributed by atoms with Gasteiger partial charge >= 0.3 is 0 Å². The molecule has 1 aliphatic heterocycles. The van der Waals surface area contributed by atoms with Gasteiger partial charge in [-0.15, -0.1) is 0 Å². The van der Waals surface area contributed by atoms with Gasteiger partial charge in [0, 0.05) is 24.5 Å². The molecule has 3 rings (SSSR count). The molecule has 3 N–H and O–H groups in total. The van der Waals surface area contributed by atoms with Gasteiger partial charge in [0.1, 0.15) is 19.0 Å². The zero-order chi connectivity index (χ0) is 13.9. The van der Waals surface area contributed by atoms with E-state index in [2.05, 4.69) is 10.3 Å². The van der Waals surface area contributed by atoms with E-state index in [4.69, 9.17) is 15.2 Å². The third kappa shape index (κ3) is 2.45. The van der Waals surface area contributed by atoms with Crippen LogP contribution >= 0.6 is 0 Å². The summed E-state index contributed by atoms with van der Waals surface area (Å²) in [5.74, 6) is 1.83. The first-order chi connectivity index (χ1) is 9.74. The van der Waals surface area contributed by atoms with Gasteiger partial charge in [0.15, 0.2) is 11.5 Å². The summed E-state index contributed by atoms with van der Waals surface area (Å²) in [5.41, 5.74) is 5.12. The van der Waals surface area contributed by atoms with Crippen molar-refractivity contribution in [1.29, 1.82) is 0 Å². The number of amides is 1. The molecule has 104 valence electrons. The van der Waals surface area contributed by atoms with Gasteiger partial charge in [0.05, 0.1) is 0 Å². The van der Waals surface area contributed by atoms with Gasteiger partial charge in [-0.3, -0.25) is 4.79 Å². The molecule has 6 heteroatoms. The van der Waals surface area contributed by atoms with E-state index in [0.29, 0.717) is 25.6 Å². The molecule has 2 aromatic rings. The fraction of sp³-hybridized carbons (Fsp3) is 0.286. The fourth-order valence-corrected chi connectivity index (χ4v) is 2.15. The zero-order valence-electron chi connectivity index (χ0n) is 10.9. The number of carbonyl (C=O) groups is 1. The summed E-state index contributed by atoms with van der Waals surface area (Å²) < 4.78 is 11.1. The van der Waals surface area contributed by atoms with Crippen LogP contribution in [-0.4, -0.2) is 30.6 Å². The predicted molar refractivity (Wildman–Crippen MR) is 75.0 cm³/mol. The molecule has 1 aromatic heterocycles. The number of nitrogens with zero attached hydrogens (tertiary/aromatic N) is 1. The van der Waals surface area contributed by atoms with Crippen molar-refractivity contribution in [3.8, 4) is 11.5 Å². The molecule has 0 spiro atoms. The number of rotatable bonds is 4. The number of benzene rings is 1. The molecule has 0 unspecified atom stereocenters. The molecule has 0 bridgehead atoms. The summed E-state index contributed by atoms with van der Waals surface area (Å²) in [4.78, 5) is 15.1. The Bertz CT molecular complexity index is 657. The third-order valence-corrected chi connectivity index (χ3v) is 3.09. The highest BCUT2D eigenvalue weighted by atomic mass is 16.6. The summed E-state index contributed by atoms with van der Waals surface area (Å²) in [7, 11) is 0. The molecule has 1 amide bonds. The minimum atomic E-state index is -0.341. The van der Waals surface area contributed by atoms with Crippen LogP contribution in [0.3, 0.4) is 0 Å². The number of nitrogens with two attached hydrogens (primary N) is 1. The minimum Gasteiger partial charge on any atom is -0.486 e. The Hall–Kier alpha value is -2.50. The number of hydrogen-bond acceptors (Lipinski definition) is 5. The first-order valence-corrected chi connectivity index (χ1v) is 6.44. The number of nitrogens with one attached hydrogen (secondary N) is 1. The number of hydrogen-bond donors (Lipinski definition) is 2. The number of pyridine rings is 1. The molecule has 6 nitrogen and oxygen atoms in total. The lowest BCUT2D eigenvalue weighted by Crippen LogP contribution is -2.16. The number of fused-ring (bicyclic) bond motifs is 2. The van der Waals surface area contributed by atoms with Crippen LogP contribution in [-0.2, 0) is 4.79 Å². The molecule has 0 radical (unpaired) electrons. The van der Waals surface area contributed by atoms with E-state index in [1.54, 1.807) is 6.20 Å². The minimum absolute atomic E-state index is 0.266. The Labute approximate surface area is 115 Å². The second kappa shape index (κ2) is 5.24. The summed E-state index contributed by atoms with van der Waals surface area (Å²) in [6.45, 7) is 1.56. The van der Waals surface area contributed by atoms with E-state index in [1.165, 1.54) is 0 Å². The maximum atomic E-state index is 10.8. The van der Waals surface area contributed by atoms with E-state index >= 15 is 0 Å². The lowest BCUT2D eigenvalue weighted by molar-refractivity contribution is -0.117. The van der Waals surface area contributed by atoms with Crippen LogP contribution in [0.2, 0.25) is 0 Å².